The largest absolute Gasteiger partial charge is 0.368 e. The Bertz CT molecular complexity index is 802. The molecule has 0 atom stereocenters. The van der Waals surface area contributed by atoms with Crippen LogP contribution in [0.15, 0.2) is 28.7 Å². The summed E-state index contributed by atoms with van der Waals surface area (Å²) >= 11 is 4.75. The van der Waals surface area contributed by atoms with Gasteiger partial charge in [0, 0.05) is 9.35 Å². The quantitative estimate of drug-likeness (QED) is 0.724. The number of hydrogen-bond acceptors (Lipinski definition) is 5. The summed E-state index contributed by atoms with van der Waals surface area (Å²) < 4.78 is 14.6. The predicted octanol–water partition coefficient (Wildman–Crippen LogP) is 4.23. The van der Waals surface area contributed by atoms with E-state index in [0.29, 0.717) is 16.0 Å². The number of fused-ring (bicyclic) bond motifs is 1. The van der Waals surface area contributed by atoms with Crippen LogP contribution in [-0.2, 0) is 0 Å². The van der Waals surface area contributed by atoms with E-state index in [1.54, 1.807) is 12.1 Å². The third-order valence-corrected chi connectivity index (χ3v) is 4.16. The van der Waals surface area contributed by atoms with E-state index in [1.807, 2.05) is 13.0 Å². The number of thiophene rings is 1. The van der Waals surface area contributed by atoms with E-state index in [-0.39, 0.29) is 11.8 Å². The first-order chi connectivity index (χ1) is 9.52. The number of benzene rings is 1. The molecule has 7 heteroatoms. The molecule has 0 aliphatic rings. The standard InChI is InChI=1S/C13H10BrFN4S/c1-6-4-8-11(18-13(16)19-12(8)20-6)17-10-3-2-7(14)5-9(10)15/h2-5H,1H3,(H3,16,17,18,19). The summed E-state index contributed by atoms with van der Waals surface area (Å²) in [6, 6.07) is 6.75. The van der Waals surface area contributed by atoms with Crippen LogP contribution in [0, 0.1) is 12.7 Å². The fraction of sp³-hybridized carbons (Fsp3) is 0.0769. The second kappa shape index (κ2) is 4.99. The normalized spacial score (nSPS) is 10.9. The molecule has 0 aliphatic carbocycles. The van der Waals surface area contributed by atoms with Crippen molar-refractivity contribution in [3.63, 3.8) is 0 Å². The average Bonchev–Trinajstić information content (AvgIpc) is 2.73. The van der Waals surface area contributed by atoms with Gasteiger partial charge in [0.25, 0.3) is 0 Å². The van der Waals surface area contributed by atoms with Crippen molar-refractivity contribution in [1.82, 2.24) is 9.97 Å². The number of nitrogens with zero attached hydrogens (tertiary/aromatic N) is 2. The third-order valence-electron chi connectivity index (χ3n) is 2.72. The molecule has 0 bridgehead atoms. The van der Waals surface area contributed by atoms with Crippen molar-refractivity contribution in [1.29, 1.82) is 0 Å². The minimum Gasteiger partial charge on any atom is -0.368 e. The van der Waals surface area contributed by atoms with Gasteiger partial charge in [-0.2, -0.15) is 4.98 Å². The molecule has 0 saturated carbocycles. The van der Waals surface area contributed by atoms with E-state index in [2.05, 4.69) is 31.2 Å². The van der Waals surface area contributed by atoms with Gasteiger partial charge in [-0.3, -0.25) is 0 Å². The van der Waals surface area contributed by atoms with Crippen LogP contribution < -0.4 is 11.1 Å². The molecule has 4 nitrogen and oxygen atoms in total. The molecule has 0 radical (unpaired) electrons. The monoisotopic (exact) mass is 352 g/mol. The molecule has 1 aromatic carbocycles. The van der Waals surface area contributed by atoms with Gasteiger partial charge in [-0.25, -0.2) is 9.37 Å². The van der Waals surface area contributed by atoms with Gasteiger partial charge in [0.15, 0.2) is 0 Å². The number of anilines is 3. The Balaban J connectivity index is 2.10. The van der Waals surface area contributed by atoms with Crippen molar-refractivity contribution in [2.75, 3.05) is 11.1 Å². The molecule has 102 valence electrons. The Morgan fingerprint density at radius 2 is 2.10 bits per heavy atom. The van der Waals surface area contributed by atoms with E-state index in [1.165, 1.54) is 17.4 Å². The summed E-state index contributed by atoms with van der Waals surface area (Å²) in [6.07, 6.45) is 0. The predicted molar refractivity (Wildman–Crippen MR) is 83.9 cm³/mol. The van der Waals surface area contributed by atoms with E-state index < -0.39 is 0 Å². The van der Waals surface area contributed by atoms with Crippen LogP contribution in [0.2, 0.25) is 0 Å². The number of halogens is 2. The molecule has 3 rings (SSSR count). The van der Waals surface area contributed by atoms with E-state index in [9.17, 15) is 4.39 Å². The SMILES string of the molecule is Cc1cc2c(Nc3ccc(Br)cc3F)nc(N)nc2s1. The van der Waals surface area contributed by atoms with Gasteiger partial charge in [-0.1, -0.05) is 15.9 Å². The molecule has 3 aromatic rings. The van der Waals surface area contributed by atoms with E-state index in [4.69, 9.17) is 5.73 Å². The fourth-order valence-corrected chi connectivity index (χ4v) is 3.09. The molecule has 0 amide bonds. The first kappa shape index (κ1) is 13.3. The van der Waals surface area contributed by atoms with Gasteiger partial charge in [-0.15, -0.1) is 11.3 Å². The number of aryl methyl sites for hydroxylation is 1. The summed E-state index contributed by atoms with van der Waals surface area (Å²) in [5.74, 6) is 0.314. The van der Waals surface area contributed by atoms with E-state index >= 15 is 0 Å². The lowest BCUT2D eigenvalue weighted by molar-refractivity contribution is 0.631. The summed E-state index contributed by atoms with van der Waals surface area (Å²) in [6.45, 7) is 1.98. The van der Waals surface area contributed by atoms with Crippen molar-refractivity contribution >= 4 is 54.9 Å². The van der Waals surface area contributed by atoms with Crippen LogP contribution in [0.3, 0.4) is 0 Å². The smallest absolute Gasteiger partial charge is 0.223 e. The molecule has 0 fully saturated rings. The number of nitrogens with two attached hydrogens (primary N) is 1. The van der Waals surface area contributed by atoms with Crippen LogP contribution in [0.1, 0.15) is 4.88 Å². The molecule has 0 spiro atoms. The molecule has 2 heterocycles. The summed E-state index contributed by atoms with van der Waals surface area (Å²) in [5, 5.41) is 3.81. The zero-order chi connectivity index (χ0) is 14.3. The van der Waals surface area contributed by atoms with Crippen LogP contribution in [-0.4, -0.2) is 9.97 Å². The number of rotatable bonds is 2. The molecule has 0 aliphatic heterocycles. The first-order valence-corrected chi connectivity index (χ1v) is 7.39. The van der Waals surface area contributed by atoms with Crippen molar-refractivity contribution in [3.05, 3.63) is 39.4 Å². The van der Waals surface area contributed by atoms with Gasteiger partial charge < -0.3 is 11.1 Å². The Morgan fingerprint density at radius 3 is 2.85 bits per heavy atom. The highest BCUT2D eigenvalue weighted by Crippen LogP contribution is 2.31. The fourth-order valence-electron chi connectivity index (χ4n) is 1.87. The zero-order valence-electron chi connectivity index (χ0n) is 10.4. The second-order valence-electron chi connectivity index (χ2n) is 4.26. The topological polar surface area (TPSA) is 63.8 Å². The summed E-state index contributed by atoms with van der Waals surface area (Å²) in [7, 11) is 0. The lowest BCUT2D eigenvalue weighted by atomic mass is 10.3. The van der Waals surface area contributed by atoms with Crippen LogP contribution in [0.25, 0.3) is 10.2 Å². The minimum absolute atomic E-state index is 0.166. The van der Waals surface area contributed by atoms with Gasteiger partial charge in [0.2, 0.25) is 5.95 Å². The molecule has 20 heavy (non-hydrogen) atoms. The lowest BCUT2D eigenvalue weighted by Crippen LogP contribution is -2.01. The average molecular weight is 353 g/mol. The highest BCUT2D eigenvalue weighted by atomic mass is 79.9. The number of nitrogen functional groups attached to an aromatic ring is 1. The maximum absolute atomic E-state index is 13.9. The summed E-state index contributed by atoms with van der Waals surface area (Å²) in [4.78, 5) is 10.2. The highest BCUT2D eigenvalue weighted by molar-refractivity contribution is 9.10. The first-order valence-electron chi connectivity index (χ1n) is 5.78. The highest BCUT2D eigenvalue weighted by Gasteiger charge is 2.11. The van der Waals surface area contributed by atoms with Gasteiger partial charge in [-0.05, 0) is 31.2 Å². The maximum Gasteiger partial charge on any atom is 0.223 e. The number of hydrogen-bond donors (Lipinski definition) is 2. The lowest BCUT2D eigenvalue weighted by Gasteiger charge is -2.08. The van der Waals surface area contributed by atoms with Crippen LogP contribution >= 0.6 is 27.3 Å². The van der Waals surface area contributed by atoms with E-state index in [0.717, 1.165) is 15.1 Å². The molecule has 3 N–H and O–H groups in total. The molecule has 0 unspecified atom stereocenters. The molecular weight excluding hydrogens is 343 g/mol. The Kier molecular flexibility index (Phi) is 3.31. The molecule has 0 saturated heterocycles. The van der Waals surface area contributed by atoms with Gasteiger partial charge in [0.05, 0.1) is 11.1 Å². The Hall–Kier alpha value is -1.73. The van der Waals surface area contributed by atoms with Crippen LogP contribution in [0.4, 0.5) is 21.8 Å². The second-order valence-corrected chi connectivity index (χ2v) is 6.41. The number of nitrogens with one attached hydrogen (secondary N) is 1. The van der Waals surface area contributed by atoms with Crippen molar-refractivity contribution in [2.45, 2.75) is 6.92 Å². The minimum atomic E-state index is -0.364. The Morgan fingerprint density at radius 1 is 1.30 bits per heavy atom. The van der Waals surface area contributed by atoms with Crippen molar-refractivity contribution in [3.8, 4) is 0 Å². The summed E-state index contributed by atoms with van der Waals surface area (Å²) in [5.41, 5.74) is 6.04. The van der Waals surface area contributed by atoms with Crippen molar-refractivity contribution in [2.24, 2.45) is 0 Å². The van der Waals surface area contributed by atoms with Gasteiger partial charge >= 0.3 is 0 Å². The van der Waals surface area contributed by atoms with Crippen LogP contribution in [0.5, 0.6) is 0 Å². The van der Waals surface area contributed by atoms with Gasteiger partial charge in [0.1, 0.15) is 16.5 Å². The molecular formula is C13H10BrFN4S. The maximum atomic E-state index is 13.9. The Labute approximate surface area is 127 Å². The third kappa shape index (κ3) is 2.46. The molecule has 2 aromatic heterocycles. The number of aromatic nitrogens is 2. The van der Waals surface area contributed by atoms with Crippen molar-refractivity contribution < 1.29 is 4.39 Å². The zero-order valence-corrected chi connectivity index (χ0v) is 12.8.